The van der Waals surface area contributed by atoms with Crippen molar-refractivity contribution in [2.75, 3.05) is 16.4 Å². The van der Waals surface area contributed by atoms with Crippen LogP contribution in [0, 0.1) is 6.92 Å². The van der Waals surface area contributed by atoms with Crippen molar-refractivity contribution in [1.82, 2.24) is 14.7 Å². The van der Waals surface area contributed by atoms with Gasteiger partial charge in [0.15, 0.2) is 0 Å². The average molecular weight is 697 g/mol. The van der Waals surface area contributed by atoms with E-state index in [2.05, 4.69) is 31.9 Å². The molecule has 232 valence electrons. The molecule has 4 aromatic carbocycles. The van der Waals surface area contributed by atoms with Crippen molar-refractivity contribution in [3.8, 4) is 5.69 Å². The number of hydrogen-bond donors (Lipinski definition) is 3. The van der Waals surface area contributed by atoms with E-state index in [1.165, 1.54) is 16.4 Å². The summed E-state index contributed by atoms with van der Waals surface area (Å²) in [5, 5.41) is 8.34. The molecule has 0 aliphatic rings. The summed E-state index contributed by atoms with van der Waals surface area (Å²) in [6.45, 7) is 1.78. The lowest BCUT2D eigenvalue weighted by atomic mass is 10.1. The zero-order valence-electron chi connectivity index (χ0n) is 25.0. The SMILES string of the molecule is Cc1c(NC(=O)CSc2cccc(NC(=O)/C(=C\c3cccc(Br)c3)NC(=O)c3ccccc3)c2)c(=O)n(-c2ccccc2)n1C. The highest BCUT2D eigenvalue weighted by Crippen LogP contribution is 2.23. The minimum Gasteiger partial charge on any atom is -0.321 e. The molecule has 0 aliphatic carbocycles. The fourth-order valence-corrected chi connectivity index (χ4v) is 5.78. The summed E-state index contributed by atoms with van der Waals surface area (Å²) in [4.78, 5) is 53.2. The Morgan fingerprint density at radius 3 is 2.26 bits per heavy atom. The van der Waals surface area contributed by atoms with Gasteiger partial charge in [-0.05, 0) is 73.2 Å². The van der Waals surface area contributed by atoms with Gasteiger partial charge < -0.3 is 16.0 Å². The fraction of sp³-hybridized carbons (Fsp3) is 0.0857. The van der Waals surface area contributed by atoms with Gasteiger partial charge in [0.05, 0.1) is 17.1 Å². The molecule has 0 unspecified atom stereocenters. The molecule has 0 aliphatic heterocycles. The molecule has 1 aromatic heterocycles. The number of carbonyl (C=O) groups is 3. The predicted octanol–water partition coefficient (Wildman–Crippen LogP) is 6.39. The van der Waals surface area contributed by atoms with Crippen LogP contribution in [0.4, 0.5) is 11.4 Å². The highest BCUT2D eigenvalue weighted by Gasteiger charge is 2.19. The Bertz CT molecular complexity index is 1990. The summed E-state index contributed by atoms with van der Waals surface area (Å²) in [5.74, 6) is -1.24. The number of halogens is 1. The number of amides is 3. The quantitative estimate of drug-likeness (QED) is 0.116. The van der Waals surface area contributed by atoms with Gasteiger partial charge in [-0.25, -0.2) is 4.68 Å². The van der Waals surface area contributed by atoms with Crippen molar-refractivity contribution in [2.45, 2.75) is 11.8 Å². The molecular formula is C35H30BrN5O4S. The first kappa shape index (κ1) is 32.3. The second-order valence-electron chi connectivity index (χ2n) is 10.2. The highest BCUT2D eigenvalue weighted by atomic mass is 79.9. The van der Waals surface area contributed by atoms with Crippen LogP contribution in [0.1, 0.15) is 21.6 Å². The predicted molar refractivity (Wildman–Crippen MR) is 186 cm³/mol. The molecule has 0 bridgehead atoms. The molecule has 3 amide bonds. The molecule has 11 heteroatoms. The van der Waals surface area contributed by atoms with Gasteiger partial charge in [-0.2, -0.15) is 0 Å². The summed E-state index contributed by atoms with van der Waals surface area (Å²) in [6, 6.07) is 32.2. The molecule has 9 nitrogen and oxygen atoms in total. The van der Waals surface area contributed by atoms with Crippen LogP contribution in [0.5, 0.6) is 0 Å². The van der Waals surface area contributed by atoms with E-state index in [-0.39, 0.29) is 28.6 Å². The third kappa shape index (κ3) is 7.92. The second-order valence-corrected chi connectivity index (χ2v) is 12.2. The number of anilines is 2. The van der Waals surface area contributed by atoms with Crippen molar-refractivity contribution < 1.29 is 14.4 Å². The van der Waals surface area contributed by atoms with Crippen LogP contribution in [0.3, 0.4) is 0 Å². The molecule has 3 N–H and O–H groups in total. The van der Waals surface area contributed by atoms with E-state index in [0.717, 1.165) is 9.37 Å². The van der Waals surface area contributed by atoms with Crippen LogP contribution in [0.15, 0.2) is 129 Å². The monoisotopic (exact) mass is 695 g/mol. The summed E-state index contributed by atoms with van der Waals surface area (Å²) in [6.07, 6.45) is 1.60. The van der Waals surface area contributed by atoms with E-state index in [4.69, 9.17) is 0 Å². The van der Waals surface area contributed by atoms with Crippen LogP contribution in [0.25, 0.3) is 11.8 Å². The van der Waals surface area contributed by atoms with Crippen LogP contribution in [-0.2, 0) is 16.6 Å². The molecule has 46 heavy (non-hydrogen) atoms. The lowest BCUT2D eigenvalue weighted by molar-refractivity contribution is -0.114. The Labute approximate surface area is 278 Å². The Balaban J connectivity index is 1.27. The molecule has 0 saturated carbocycles. The minimum atomic E-state index is -0.515. The van der Waals surface area contributed by atoms with E-state index in [1.807, 2.05) is 60.7 Å². The number of thioether (sulfide) groups is 1. The average Bonchev–Trinajstić information content (AvgIpc) is 3.27. The summed E-state index contributed by atoms with van der Waals surface area (Å²) < 4.78 is 4.04. The summed E-state index contributed by atoms with van der Waals surface area (Å²) in [5.41, 5.74) is 2.90. The second kappa shape index (κ2) is 14.8. The number of aromatic nitrogens is 2. The van der Waals surface area contributed by atoms with Gasteiger partial charge in [-0.15, -0.1) is 11.8 Å². The first-order valence-corrected chi connectivity index (χ1v) is 16.0. The van der Waals surface area contributed by atoms with Crippen molar-refractivity contribution in [3.63, 3.8) is 0 Å². The standard InChI is InChI=1S/C35H30BrN5O4S/c1-23-32(35(45)41(40(23)2)28-16-7-4-8-17-28)39-31(42)22-46-29-18-10-15-27(21-29)37-34(44)30(20-24-11-9-14-26(36)19-24)38-33(43)25-12-5-3-6-13-25/h3-21H,22H2,1-2H3,(H,37,44)(H,38,43)(H,39,42)/b30-20+. The van der Waals surface area contributed by atoms with Crippen molar-refractivity contribution in [2.24, 2.45) is 7.05 Å². The molecule has 0 fully saturated rings. The maximum absolute atomic E-state index is 13.4. The van der Waals surface area contributed by atoms with Crippen molar-refractivity contribution in [1.29, 1.82) is 0 Å². The van der Waals surface area contributed by atoms with E-state index < -0.39 is 11.8 Å². The van der Waals surface area contributed by atoms with Gasteiger partial charge in [0.2, 0.25) is 5.91 Å². The third-order valence-corrected chi connectivity index (χ3v) is 8.46. The number of nitrogens with one attached hydrogen (secondary N) is 3. The molecule has 0 saturated heterocycles. The lowest BCUT2D eigenvalue weighted by Crippen LogP contribution is -2.30. The Kier molecular flexibility index (Phi) is 10.4. The fourth-order valence-electron chi connectivity index (χ4n) is 4.60. The highest BCUT2D eigenvalue weighted by molar-refractivity contribution is 9.10. The zero-order valence-corrected chi connectivity index (χ0v) is 27.4. The molecule has 0 spiro atoms. The Hall–Kier alpha value is -5.13. The largest absolute Gasteiger partial charge is 0.321 e. The summed E-state index contributed by atoms with van der Waals surface area (Å²) in [7, 11) is 1.76. The van der Waals surface area contributed by atoms with Crippen molar-refractivity contribution in [3.05, 3.63) is 147 Å². The van der Waals surface area contributed by atoms with Crippen LogP contribution in [0.2, 0.25) is 0 Å². The topological polar surface area (TPSA) is 114 Å². The first-order valence-electron chi connectivity index (χ1n) is 14.2. The van der Waals surface area contributed by atoms with E-state index in [9.17, 15) is 19.2 Å². The van der Waals surface area contributed by atoms with Gasteiger partial charge in [0, 0.05) is 27.7 Å². The number of carbonyl (C=O) groups excluding carboxylic acids is 3. The van der Waals surface area contributed by atoms with Gasteiger partial charge in [-0.3, -0.25) is 23.9 Å². The number of para-hydroxylation sites is 1. The molecule has 5 aromatic rings. The molecule has 1 heterocycles. The third-order valence-electron chi connectivity index (χ3n) is 6.97. The van der Waals surface area contributed by atoms with Gasteiger partial charge >= 0.3 is 0 Å². The van der Waals surface area contributed by atoms with Crippen LogP contribution in [-0.4, -0.2) is 32.8 Å². The van der Waals surface area contributed by atoms with Crippen LogP contribution >= 0.6 is 27.7 Å². The van der Waals surface area contributed by atoms with Gasteiger partial charge in [-0.1, -0.05) is 70.5 Å². The van der Waals surface area contributed by atoms with E-state index >= 15 is 0 Å². The molecular weight excluding hydrogens is 666 g/mol. The number of hydrogen-bond acceptors (Lipinski definition) is 5. The first-order chi connectivity index (χ1) is 22.2. The van der Waals surface area contributed by atoms with E-state index in [0.29, 0.717) is 28.2 Å². The number of benzene rings is 4. The maximum atomic E-state index is 13.4. The molecule has 5 rings (SSSR count). The van der Waals surface area contributed by atoms with Crippen molar-refractivity contribution >= 4 is 62.9 Å². The zero-order chi connectivity index (χ0) is 32.6. The number of rotatable bonds is 10. The Morgan fingerprint density at radius 1 is 0.848 bits per heavy atom. The minimum absolute atomic E-state index is 0.0394. The lowest BCUT2D eigenvalue weighted by Gasteiger charge is -2.12. The van der Waals surface area contributed by atoms with Gasteiger partial charge in [0.1, 0.15) is 11.4 Å². The number of nitrogens with zero attached hydrogens (tertiary/aromatic N) is 2. The maximum Gasteiger partial charge on any atom is 0.295 e. The summed E-state index contributed by atoms with van der Waals surface area (Å²) >= 11 is 4.70. The normalized spacial score (nSPS) is 11.2. The van der Waals surface area contributed by atoms with Gasteiger partial charge in [0.25, 0.3) is 17.4 Å². The Morgan fingerprint density at radius 2 is 1.54 bits per heavy atom. The smallest absolute Gasteiger partial charge is 0.295 e. The molecule has 0 radical (unpaired) electrons. The van der Waals surface area contributed by atoms with Crippen LogP contribution < -0.4 is 21.5 Å². The van der Waals surface area contributed by atoms with E-state index in [1.54, 1.807) is 73.3 Å². The molecule has 0 atom stereocenters.